The Bertz CT molecular complexity index is 283. The van der Waals surface area contributed by atoms with Crippen molar-refractivity contribution in [1.29, 1.82) is 0 Å². The van der Waals surface area contributed by atoms with Gasteiger partial charge in [-0.25, -0.2) is 5.10 Å². The van der Waals surface area contributed by atoms with E-state index < -0.39 is 0 Å². The van der Waals surface area contributed by atoms with Gasteiger partial charge in [-0.3, -0.25) is 10.6 Å². The smallest absolute Gasteiger partial charge is 0.266 e. The van der Waals surface area contributed by atoms with Gasteiger partial charge in [0.05, 0.1) is 5.69 Å². The summed E-state index contributed by atoms with van der Waals surface area (Å²) in [6, 6.07) is 1.22. The number of rotatable bonds is 1. The molecule has 0 bridgehead atoms. The second-order valence-electron chi connectivity index (χ2n) is 1.58. The van der Waals surface area contributed by atoms with Gasteiger partial charge in [-0.15, -0.1) is 0 Å². The van der Waals surface area contributed by atoms with Crippen molar-refractivity contribution in [2.24, 2.45) is 5.84 Å². The standard InChI is InChI=1S/C4H5ClN4O/c5-4-2(7-6)1-3(10)8-9-4/h1H,6H2,(H2,7,8,10). The van der Waals surface area contributed by atoms with Gasteiger partial charge in [0.25, 0.3) is 5.56 Å². The Kier molecular flexibility index (Phi) is 1.88. The number of nitrogen functional groups attached to an aromatic ring is 1. The topological polar surface area (TPSA) is 83.8 Å². The first-order chi connectivity index (χ1) is 4.74. The van der Waals surface area contributed by atoms with Crippen LogP contribution in [0.1, 0.15) is 0 Å². The molecule has 1 rings (SSSR count). The van der Waals surface area contributed by atoms with Crippen LogP contribution in [0.3, 0.4) is 0 Å². The number of nitrogens with zero attached hydrogens (tertiary/aromatic N) is 1. The minimum absolute atomic E-state index is 0.141. The van der Waals surface area contributed by atoms with Crippen molar-refractivity contribution in [3.63, 3.8) is 0 Å². The molecule has 6 heteroatoms. The average molecular weight is 161 g/mol. The van der Waals surface area contributed by atoms with E-state index in [9.17, 15) is 4.79 Å². The SMILES string of the molecule is NNc1cc(=O)[nH]nc1Cl. The Morgan fingerprint density at radius 1 is 1.80 bits per heavy atom. The molecule has 10 heavy (non-hydrogen) atoms. The lowest BCUT2D eigenvalue weighted by Gasteiger charge is -1.97. The van der Waals surface area contributed by atoms with E-state index in [1.165, 1.54) is 6.07 Å². The molecule has 0 aliphatic carbocycles. The van der Waals surface area contributed by atoms with E-state index >= 15 is 0 Å². The number of nitrogens with two attached hydrogens (primary N) is 1. The summed E-state index contributed by atoms with van der Waals surface area (Å²) >= 11 is 5.47. The predicted octanol–water partition coefficient (Wildman–Crippen LogP) is -0.291. The van der Waals surface area contributed by atoms with Crippen LogP contribution >= 0.6 is 11.6 Å². The van der Waals surface area contributed by atoms with Crippen LogP contribution in [-0.2, 0) is 0 Å². The van der Waals surface area contributed by atoms with Crippen molar-refractivity contribution in [3.8, 4) is 0 Å². The molecule has 0 fully saturated rings. The molecule has 1 aromatic rings. The zero-order valence-corrected chi connectivity index (χ0v) is 5.64. The van der Waals surface area contributed by atoms with Crippen molar-refractivity contribution >= 4 is 17.3 Å². The quantitative estimate of drug-likeness (QED) is 0.389. The second-order valence-corrected chi connectivity index (χ2v) is 1.94. The van der Waals surface area contributed by atoms with Crippen LogP contribution < -0.4 is 16.8 Å². The zero-order valence-electron chi connectivity index (χ0n) is 4.89. The van der Waals surface area contributed by atoms with E-state index in [0.717, 1.165) is 0 Å². The van der Waals surface area contributed by atoms with Crippen LogP contribution in [0, 0.1) is 0 Å². The average Bonchev–Trinajstić information content (AvgIpc) is 1.94. The molecule has 0 amide bonds. The molecule has 0 aromatic carbocycles. The Morgan fingerprint density at radius 2 is 2.50 bits per heavy atom. The molecule has 0 spiro atoms. The molecule has 5 nitrogen and oxygen atoms in total. The van der Waals surface area contributed by atoms with Gasteiger partial charge in [0, 0.05) is 6.07 Å². The number of aromatic amines is 1. The molecule has 0 saturated carbocycles. The van der Waals surface area contributed by atoms with Gasteiger partial charge in [0.1, 0.15) is 0 Å². The van der Waals surface area contributed by atoms with Crippen LogP contribution in [0.15, 0.2) is 10.9 Å². The highest BCUT2D eigenvalue weighted by molar-refractivity contribution is 6.31. The maximum Gasteiger partial charge on any atom is 0.266 e. The first-order valence-electron chi connectivity index (χ1n) is 2.46. The Balaban J connectivity index is 3.22. The van der Waals surface area contributed by atoms with Gasteiger partial charge < -0.3 is 5.43 Å². The molecule has 0 unspecified atom stereocenters. The lowest BCUT2D eigenvalue weighted by Crippen LogP contribution is -2.13. The summed E-state index contributed by atoms with van der Waals surface area (Å²) in [6.45, 7) is 0. The molecule has 0 saturated heterocycles. The fourth-order valence-corrected chi connectivity index (χ4v) is 0.640. The first-order valence-corrected chi connectivity index (χ1v) is 2.83. The van der Waals surface area contributed by atoms with Crippen molar-refractivity contribution in [1.82, 2.24) is 10.2 Å². The van der Waals surface area contributed by atoms with E-state index in [-0.39, 0.29) is 10.7 Å². The third kappa shape index (κ3) is 1.26. The number of hydrazine groups is 1. The van der Waals surface area contributed by atoms with Crippen molar-refractivity contribution in [3.05, 3.63) is 21.6 Å². The summed E-state index contributed by atoms with van der Waals surface area (Å²) in [5.74, 6) is 4.99. The maximum atomic E-state index is 10.5. The Morgan fingerprint density at radius 3 is 3.00 bits per heavy atom. The largest absolute Gasteiger partial charge is 0.321 e. The summed E-state index contributed by atoms with van der Waals surface area (Å²) in [5, 5.41) is 5.72. The summed E-state index contributed by atoms with van der Waals surface area (Å²) in [6.07, 6.45) is 0. The van der Waals surface area contributed by atoms with Crippen molar-refractivity contribution in [2.75, 3.05) is 5.43 Å². The molecular formula is C4H5ClN4O. The third-order valence-corrected chi connectivity index (χ3v) is 1.21. The van der Waals surface area contributed by atoms with E-state index in [0.29, 0.717) is 5.69 Å². The number of hydrogen-bond acceptors (Lipinski definition) is 4. The summed E-state index contributed by atoms with van der Waals surface area (Å²) in [4.78, 5) is 10.5. The lowest BCUT2D eigenvalue weighted by molar-refractivity contribution is 0.987. The minimum atomic E-state index is -0.350. The number of nitrogens with one attached hydrogen (secondary N) is 2. The number of H-pyrrole nitrogens is 1. The second kappa shape index (κ2) is 2.68. The van der Waals surface area contributed by atoms with Crippen LogP contribution in [0.25, 0.3) is 0 Å². The highest BCUT2D eigenvalue weighted by Gasteiger charge is 1.97. The summed E-state index contributed by atoms with van der Waals surface area (Å²) in [7, 11) is 0. The molecule has 1 heterocycles. The van der Waals surface area contributed by atoms with Gasteiger partial charge in [-0.1, -0.05) is 11.6 Å². The maximum absolute atomic E-state index is 10.5. The van der Waals surface area contributed by atoms with E-state index in [2.05, 4.69) is 15.6 Å². The third-order valence-electron chi connectivity index (χ3n) is 0.917. The molecule has 0 aliphatic heterocycles. The molecule has 1 aromatic heterocycles. The predicted molar refractivity (Wildman–Crippen MR) is 37.7 cm³/mol. The van der Waals surface area contributed by atoms with Crippen LogP contribution in [0.4, 0.5) is 5.69 Å². The van der Waals surface area contributed by atoms with Gasteiger partial charge >= 0.3 is 0 Å². The molecule has 4 N–H and O–H groups in total. The minimum Gasteiger partial charge on any atom is -0.321 e. The summed E-state index contributed by atoms with van der Waals surface area (Å²) < 4.78 is 0. The molecule has 0 aliphatic rings. The van der Waals surface area contributed by atoms with Gasteiger partial charge in [-0.2, -0.15) is 5.10 Å². The normalized spacial score (nSPS) is 9.40. The van der Waals surface area contributed by atoms with Gasteiger partial charge in [0.2, 0.25) is 0 Å². The number of hydrogen-bond donors (Lipinski definition) is 3. The van der Waals surface area contributed by atoms with E-state index in [4.69, 9.17) is 17.4 Å². The Hall–Kier alpha value is -1.07. The van der Waals surface area contributed by atoms with Crippen molar-refractivity contribution < 1.29 is 0 Å². The monoisotopic (exact) mass is 160 g/mol. The molecule has 0 radical (unpaired) electrons. The Labute approximate surface area is 61.2 Å². The fraction of sp³-hybridized carbons (Fsp3) is 0. The molecule has 0 atom stereocenters. The van der Waals surface area contributed by atoms with Crippen LogP contribution in [0.5, 0.6) is 0 Å². The zero-order chi connectivity index (χ0) is 7.56. The highest BCUT2D eigenvalue weighted by atomic mass is 35.5. The van der Waals surface area contributed by atoms with Gasteiger partial charge in [0.15, 0.2) is 5.15 Å². The van der Waals surface area contributed by atoms with Crippen LogP contribution in [0.2, 0.25) is 5.15 Å². The van der Waals surface area contributed by atoms with Gasteiger partial charge in [-0.05, 0) is 0 Å². The number of anilines is 1. The first kappa shape index (κ1) is 7.04. The number of halogens is 1. The van der Waals surface area contributed by atoms with Crippen molar-refractivity contribution in [2.45, 2.75) is 0 Å². The van der Waals surface area contributed by atoms with Crippen LogP contribution in [-0.4, -0.2) is 10.2 Å². The van der Waals surface area contributed by atoms with E-state index in [1.54, 1.807) is 0 Å². The molecule has 54 valence electrons. The summed E-state index contributed by atoms with van der Waals surface area (Å²) in [5.41, 5.74) is 2.18. The van der Waals surface area contributed by atoms with E-state index in [1.807, 2.05) is 0 Å². The fourth-order valence-electron chi connectivity index (χ4n) is 0.489. The molecular weight excluding hydrogens is 156 g/mol. The number of aromatic nitrogens is 2. The lowest BCUT2D eigenvalue weighted by atomic mass is 10.5. The highest BCUT2D eigenvalue weighted by Crippen LogP contribution is 2.12.